The van der Waals surface area contributed by atoms with Crippen molar-refractivity contribution in [3.8, 4) is 0 Å². The Balaban J connectivity index is 1.62. The molecule has 2 aromatic carbocycles. The summed E-state index contributed by atoms with van der Waals surface area (Å²) in [5.41, 5.74) is 0.516. The second-order valence-electron chi connectivity index (χ2n) is 5.53. The smallest absolute Gasteiger partial charge is 0.319 e. The van der Waals surface area contributed by atoms with Crippen molar-refractivity contribution < 1.29 is 18.4 Å². The van der Waals surface area contributed by atoms with Gasteiger partial charge in [0.15, 0.2) is 0 Å². The Morgan fingerprint density at radius 3 is 2.56 bits per heavy atom. The van der Waals surface area contributed by atoms with E-state index in [0.29, 0.717) is 18.7 Å². The van der Waals surface area contributed by atoms with Gasteiger partial charge in [-0.3, -0.25) is 4.79 Å². The summed E-state index contributed by atoms with van der Waals surface area (Å²) < 4.78 is 26.7. The molecule has 1 saturated heterocycles. The number of amides is 3. The second kappa shape index (κ2) is 7.06. The molecule has 1 aliphatic rings. The van der Waals surface area contributed by atoms with Crippen LogP contribution in [0.1, 0.15) is 6.42 Å². The van der Waals surface area contributed by atoms with Gasteiger partial charge in [-0.1, -0.05) is 11.6 Å². The van der Waals surface area contributed by atoms with Gasteiger partial charge in [0.2, 0.25) is 5.91 Å². The van der Waals surface area contributed by atoms with Crippen LogP contribution in [0.2, 0.25) is 5.02 Å². The number of hydrogen-bond donors (Lipinski definition) is 2. The van der Waals surface area contributed by atoms with Crippen molar-refractivity contribution in [2.24, 2.45) is 0 Å². The van der Waals surface area contributed by atoms with E-state index in [4.69, 9.17) is 11.6 Å². The highest BCUT2D eigenvalue weighted by Gasteiger charge is 2.33. The number of nitrogens with one attached hydrogen (secondary N) is 2. The molecule has 0 aromatic heterocycles. The van der Waals surface area contributed by atoms with Crippen LogP contribution >= 0.6 is 11.6 Å². The maximum absolute atomic E-state index is 13.7. The first-order valence-electron chi connectivity index (χ1n) is 7.53. The number of rotatable bonds is 3. The van der Waals surface area contributed by atoms with Gasteiger partial charge in [-0.25, -0.2) is 13.6 Å². The predicted molar refractivity (Wildman–Crippen MR) is 90.7 cm³/mol. The highest BCUT2D eigenvalue weighted by molar-refractivity contribution is 6.30. The monoisotopic (exact) mass is 365 g/mol. The van der Waals surface area contributed by atoms with Crippen LogP contribution in [0.5, 0.6) is 0 Å². The number of benzene rings is 2. The zero-order valence-electron chi connectivity index (χ0n) is 12.9. The van der Waals surface area contributed by atoms with Crippen molar-refractivity contribution in [2.45, 2.75) is 12.5 Å². The Morgan fingerprint density at radius 1 is 1.16 bits per heavy atom. The molecule has 3 amide bonds. The number of anilines is 2. The van der Waals surface area contributed by atoms with Gasteiger partial charge in [0.05, 0.1) is 5.69 Å². The van der Waals surface area contributed by atoms with Crippen LogP contribution in [0, 0.1) is 11.6 Å². The van der Waals surface area contributed by atoms with E-state index in [0.717, 1.165) is 6.07 Å². The highest BCUT2D eigenvalue weighted by Crippen LogP contribution is 2.22. The Bertz CT molecular complexity index is 814. The molecule has 2 aromatic rings. The first-order chi connectivity index (χ1) is 11.9. The first kappa shape index (κ1) is 17.2. The fourth-order valence-corrected chi connectivity index (χ4v) is 2.76. The summed E-state index contributed by atoms with van der Waals surface area (Å²) in [6, 6.07) is 7.95. The lowest BCUT2D eigenvalue weighted by molar-refractivity contribution is -0.118. The van der Waals surface area contributed by atoms with Gasteiger partial charge in [-0.2, -0.15) is 0 Å². The Kier molecular flexibility index (Phi) is 4.85. The van der Waals surface area contributed by atoms with E-state index in [1.54, 1.807) is 0 Å². The number of halogens is 3. The van der Waals surface area contributed by atoms with Crippen LogP contribution < -0.4 is 15.5 Å². The molecule has 1 aliphatic heterocycles. The van der Waals surface area contributed by atoms with E-state index in [-0.39, 0.29) is 16.6 Å². The van der Waals surface area contributed by atoms with E-state index < -0.39 is 23.7 Å². The van der Waals surface area contributed by atoms with E-state index in [2.05, 4.69) is 10.6 Å². The number of carbonyl (C=O) groups excluding carboxylic acids is 2. The Morgan fingerprint density at radius 2 is 1.88 bits per heavy atom. The van der Waals surface area contributed by atoms with Crippen molar-refractivity contribution in [1.82, 2.24) is 5.32 Å². The maximum Gasteiger partial charge on any atom is 0.319 e. The molecular formula is C17H14ClF2N3O2. The van der Waals surface area contributed by atoms with Crippen LogP contribution in [-0.4, -0.2) is 24.5 Å². The molecule has 0 spiro atoms. The molecule has 0 saturated carbocycles. The Hall–Kier alpha value is -2.67. The minimum atomic E-state index is -0.736. The van der Waals surface area contributed by atoms with Gasteiger partial charge in [-0.15, -0.1) is 0 Å². The number of hydrogen-bond acceptors (Lipinski definition) is 2. The summed E-state index contributed by atoms with van der Waals surface area (Å²) in [7, 11) is 0. The lowest BCUT2D eigenvalue weighted by Crippen LogP contribution is -2.43. The molecule has 2 N–H and O–H groups in total. The zero-order valence-corrected chi connectivity index (χ0v) is 13.7. The molecule has 1 heterocycles. The predicted octanol–water partition coefficient (Wildman–Crippen LogP) is 3.55. The lowest BCUT2D eigenvalue weighted by Gasteiger charge is -2.17. The van der Waals surface area contributed by atoms with E-state index >= 15 is 0 Å². The first-order valence-corrected chi connectivity index (χ1v) is 7.91. The van der Waals surface area contributed by atoms with E-state index in [1.165, 1.54) is 41.3 Å². The fourth-order valence-electron chi connectivity index (χ4n) is 2.60. The van der Waals surface area contributed by atoms with Crippen molar-refractivity contribution >= 4 is 34.9 Å². The summed E-state index contributed by atoms with van der Waals surface area (Å²) in [6.45, 7) is 0.394. The van der Waals surface area contributed by atoms with Crippen molar-refractivity contribution in [1.29, 1.82) is 0 Å². The lowest BCUT2D eigenvalue weighted by atomic mass is 10.2. The summed E-state index contributed by atoms with van der Waals surface area (Å²) in [6.07, 6.45) is 0.396. The number of carbonyl (C=O) groups is 2. The quantitative estimate of drug-likeness (QED) is 0.873. The fraction of sp³-hybridized carbons (Fsp3) is 0.176. The van der Waals surface area contributed by atoms with Crippen molar-refractivity contribution in [2.75, 3.05) is 16.8 Å². The van der Waals surface area contributed by atoms with Crippen LogP contribution in [0.4, 0.5) is 25.0 Å². The molecule has 5 nitrogen and oxygen atoms in total. The van der Waals surface area contributed by atoms with Crippen molar-refractivity contribution in [3.05, 3.63) is 59.1 Å². The third-order valence-electron chi connectivity index (χ3n) is 3.83. The molecule has 1 atom stereocenters. The largest absolute Gasteiger partial charge is 0.326 e. The minimum Gasteiger partial charge on any atom is -0.326 e. The second-order valence-corrected chi connectivity index (χ2v) is 5.97. The van der Waals surface area contributed by atoms with Crippen LogP contribution in [0.3, 0.4) is 0 Å². The summed E-state index contributed by atoms with van der Waals surface area (Å²) in [5.74, 6) is -1.37. The van der Waals surface area contributed by atoms with Gasteiger partial charge in [0.25, 0.3) is 0 Å². The topological polar surface area (TPSA) is 61.4 Å². The Labute approximate surface area is 147 Å². The maximum atomic E-state index is 13.7. The molecular weight excluding hydrogens is 352 g/mol. The van der Waals surface area contributed by atoms with Gasteiger partial charge in [0.1, 0.15) is 17.7 Å². The third kappa shape index (κ3) is 3.88. The molecule has 0 bridgehead atoms. The van der Waals surface area contributed by atoms with E-state index in [9.17, 15) is 18.4 Å². The molecule has 25 heavy (non-hydrogen) atoms. The van der Waals surface area contributed by atoms with Crippen molar-refractivity contribution in [3.63, 3.8) is 0 Å². The van der Waals surface area contributed by atoms with E-state index in [1.807, 2.05) is 0 Å². The molecule has 1 fully saturated rings. The number of urea groups is 1. The van der Waals surface area contributed by atoms with Crippen LogP contribution in [-0.2, 0) is 4.79 Å². The van der Waals surface area contributed by atoms with Gasteiger partial charge >= 0.3 is 6.03 Å². The molecule has 130 valence electrons. The standard InChI is InChI=1S/C17H14ClF2N3O2/c18-10-1-6-14(13(20)9-10)21-17(25)22-15-7-8-23(16(15)24)12-4-2-11(19)3-5-12/h1-6,9,15H,7-8H2,(H2,21,22,25)/t15-/m0/s1. The van der Waals surface area contributed by atoms with Crippen LogP contribution in [0.25, 0.3) is 0 Å². The zero-order chi connectivity index (χ0) is 18.0. The van der Waals surface area contributed by atoms with Gasteiger partial charge < -0.3 is 15.5 Å². The van der Waals surface area contributed by atoms with Crippen LogP contribution in [0.15, 0.2) is 42.5 Å². The summed E-state index contributed by atoms with van der Waals surface area (Å²) >= 11 is 5.65. The molecule has 8 heteroatoms. The summed E-state index contributed by atoms with van der Waals surface area (Å²) in [5, 5.41) is 5.07. The normalized spacial score (nSPS) is 16.8. The SMILES string of the molecule is O=C(Nc1ccc(Cl)cc1F)N[C@H]1CCN(c2ccc(F)cc2)C1=O. The highest BCUT2D eigenvalue weighted by atomic mass is 35.5. The summed E-state index contributed by atoms with van der Waals surface area (Å²) in [4.78, 5) is 25.9. The van der Waals surface area contributed by atoms with Gasteiger partial charge in [0, 0.05) is 17.3 Å². The minimum absolute atomic E-state index is 0.0391. The molecule has 0 unspecified atom stereocenters. The average Bonchev–Trinajstić information content (AvgIpc) is 2.92. The molecule has 0 aliphatic carbocycles. The third-order valence-corrected chi connectivity index (χ3v) is 4.06. The molecule has 3 rings (SSSR count). The number of nitrogens with zero attached hydrogens (tertiary/aromatic N) is 1. The van der Waals surface area contributed by atoms with Gasteiger partial charge in [-0.05, 0) is 48.9 Å². The average molecular weight is 366 g/mol. The molecule has 0 radical (unpaired) electrons.